The standard InChI is InChI=1S/C12H16BrNO2S/c13-12-7-4-8-14(9-12)17(15,16)10-11-5-2-1-3-6-11/h1-3,5-6,12H,4,7-10H2. The first-order valence-electron chi connectivity index (χ1n) is 5.74. The van der Waals surface area contributed by atoms with E-state index < -0.39 is 10.0 Å². The van der Waals surface area contributed by atoms with Crippen LogP contribution in [0.1, 0.15) is 18.4 Å². The Balaban J connectivity index is 2.08. The molecule has 1 unspecified atom stereocenters. The van der Waals surface area contributed by atoms with Crippen LogP contribution in [0, 0.1) is 0 Å². The van der Waals surface area contributed by atoms with Crippen molar-refractivity contribution in [1.29, 1.82) is 0 Å². The highest BCUT2D eigenvalue weighted by atomic mass is 79.9. The molecule has 1 atom stereocenters. The minimum absolute atomic E-state index is 0.105. The van der Waals surface area contributed by atoms with E-state index in [-0.39, 0.29) is 5.75 Å². The van der Waals surface area contributed by atoms with Crippen molar-refractivity contribution in [3.05, 3.63) is 35.9 Å². The Morgan fingerprint density at radius 3 is 2.65 bits per heavy atom. The van der Waals surface area contributed by atoms with Gasteiger partial charge in [0.1, 0.15) is 0 Å². The highest BCUT2D eigenvalue weighted by molar-refractivity contribution is 9.09. The first-order valence-corrected chi connectivity index (χ1v) is 8.26. The molecule has 0 radical (unpaired) electrons. The van der Waals surface area contributed by atoms with Crippen molar-refractivity contribution in [3.8, 4) is 0 Å². The lowest BCUT2D eigenvalue weighted by Gasteiger charge is -2.29. The summed E-state index contributed by atoms with van der Waals surface area (Å²) in [5.74, 6) is 0.105. The van der Waals surface area contributed by atoms with Gasteiger partial charge in [-0.3, -0.25) is 0 Å². The van der Waals surface area contributed by atoms with Gasteiger partial charge in [0.05, 0.1) is 5.75 Å². The van der Waals surface area contributed by atoms with Crippen LogP contribution in [0.2, 0.25) is 0 Å². The Kier molecular flexibility index (Phi) is 4.22. The van der Waals surface area contributed by atoms with Crippen molar-refractivity contribution >= 4 is 26.0 Å². The predicted molar refractivity (Wildman–Crippen MR) is 72.6 cm³/mol. The number of sulfonamides is 1. The molecule has 1 aliphatic heterocycles. The van der Waals surface area contributed by atoms with E-state index in [4.69, 9.17) is 0 Å². The molecule has 17 heavy (non-hydrogen) atoms. The topological polar surface area (TPSA) is 37.4 Å². The van der Waals surface area contributed by atoms with Crippen LogP contribution in [-0.4, -0.2) is 30.6 Å². The van der Waals surface area contributed by atoms with Gasteiger partial charge in [-0.2, -0.15) is 0 Å². The fraction of sp³-hybridized carbons (Fsp3) is 0.500. The van der Waals surface area contributed by atoms with E-state index in [9.17, 15) is 8.42 Å². The summed E-state index contributed by atoms with van der Waals surface area (Å²) >= 11 is 3.50. The summed E-state index contributed by atoms with van der Waals surface area (Å²) in [6.45, 7) is 1.24. The minimum Gasteiger partial charge on any atom is -0.212 e. The van der Waals surface area contributed by atoms with Gasteiger partial charge in [-0.05, 0) is 18.4 Å². The van der Waals surface area contributed by atoms with Crippen LogP contribution >= 0.6 is 15.9 Å². The molecule has 1 fully saturated rings. The maximum atomic E-state index is 12.2. The molecule has 0 aliphatic carbocycles. The van der Waals surface area contributed by atoms with E-state index in [0.717, 1.165) is 18.4 Å². The summed E-state index contributed by atoms with van der Waals surface area (Å²) in [7, 11) is -3.17. The Morgan fingerprint density at radius 1 is 1.29 bits per heavy atom. The fourth-order valence-electron chi connectivity index (χ4n) is 2.02. The lowest BCUT2D eigenvalue weighted by atomic mass is 10.2. The molecule has 5 heteroatoms. The summed E-state index contributed by atoms with van der Waals surface area (Å²) in [6.07, 6.45) is 1.99. The van der Waals surface area contributed by atoms with Gasteiger partial charge in [-0.25, -0.2) is 12.7 Å². The molecule has 94 valence electrons. The molecular weight excluding hydrogens is 302 g/mol. The van der Waals surface area contributed by atoms with Gasteiger partial charge < -0.3 is 0 Å². The second-order valence-electron chi connectivity index (χ2n) is 4.34. The maximum Gasteiger partial charge on any atom is 0.218 e. The number of rotatable bonds is 3. The van der Waals surface area contributed by atoms with Crippen molar-refractivity contribution in [2.75, 3.05) is 13.1 Å². The van der Waals surface area contributed by atoms with Crippen LogP contribution in [0.5, 0.6) is 0 Å². The highest BCUT2D eigenvalue weighted by Gasteiger charge is 2.27. The zero-order valence-electron chi connectivity index (χ0n) is 9.55. The van der Waals surface area contributed by atoms with Crippen molar-refractivity contribution in [3.63, 3.8) is 0 Å². The Morgan fingerprint density at radius 2 is 2.00 bits per heavy atom. The number of hydrogen-bond acceptors (Lipinski definition) is 2. The molecule has 0 spiro atoms. The molecule has 0 bridgehead atoms. The molecule has 1 aromatic carbocycles. The second kappa shape index (κ2) is 5.50. The second-order valence-corrected chi connectivity index (χ2v) is 7.60. The molecule has 0 saturated carbocycles. The van der Waals surface area contributed by atoms with Crippen molar-refractivity contribution in [2.24, 2.45) is 0 Å². The number of halogens is 1. The van der Waals surface area contributed by atoms with Gasteiger partial charge in [0.2, 0.25) is 10.0 Å². The lowest BCUT2D eigenvalue weighted by molar-refractivity contribution is 0.355. The van der Waals surface area contributed by atoms with Crippen LogP contribution < -0.4 is 0 Å². The summed E-state index contributed by atoms with van der Waals surface area (Å²) in [5.41, 5.74) is 0.851. The van der Waals surface area contributed by atoms with E-state index in [0.29, 0.717) is 17.9 Å². The van der Waals surface area contributed by atoms with E-state index in [1.165, 1.54) is 0 Å². The molecule has 1 heterocycles. The van der Waals surface area contributed by atoms with E-state index in [2.05, 4.69) is 15.9 Å². The largest absolute Gasteiger partial charge is 0.218 e. The van der Waals surface area contributed by atoms with Gasteiger partial charge in [-0.15, -0.1) is 0 Å². The van der Waals surface area contributed by atoms with Crippen molar-refractivity contribution in [2.45, 2.75) is 23.4 Å². The van der Waals surface area contributed by atoms with Crippen LogP contribution in [-0.2, 0) is 15.8 Å². The van der Waals surface area contributed by atoms with Crippen LogP contribution in [0.4, 0.5) is 0 Å². The zero-order chi connectivity index (χ0) is 12.3. The fourth-order valence-corrected chi connectivity index (χ4v) is 4.50. The van der Waals surface area contributed by atoms with Crippen molar-refractivity contribution in [1.82, 2.24) is 4.31 Å². The number of nitrogens with zero attached hydrogens (tertiary/aromatic N) is 1. The van der Waals surface area contributed by atoms with Crippen LogP contribution in [0.3, 0.4) is 0 Å². The number of alkyl halides is 1. The molecular formula is C12H16BrNO2S. The summed E-state index contributed by atoms with van der Waals surface area (Å²) in [4.78, 5) is 0.293. The highest BCUT2D eigenvalue weighted by Crippen LogP contribution is 2.21. The third-order valence-corrected chi connectivity index (χ3v) is 5.48. The molecule has 1 aromatic rings. The lowest BCUT2D eigenvalue weighted by Crippen LogP contribution is -2.40. The summed E-state index contributed by atoms with van der Waals surface area (Å²) in [5, 5.41) is 0. The molecule has 3 nitrogen and oxygen atoms in total. The quantitative estimate of drug-likeness (QED) is 0.803. The van der Waals surface area contributed by atoms with E-state index >= 15 is 0 Å². The molecule has 0 amide bonds. The first-order chi connectivity index (χ1) is 8.08. The summed E-state index contributed by atoms with van der Waals surface area (Å²) in [6, 6.07) is 9.34. The molecule has 1 saturated heterocycles. The SMILES string of the molecule is O=S(=O)(Cc1ccccc1)N1CCCC(Br)C1. The maximum absolute atomic E-state index is 12.2. The van der Waals surface area contributed by atoms with Gasteiger partial charge in [0.25, 0.3) is 0 Å². The third-order valence-electron chi connectivity index (χ3n) is 2.91. The smallest absolute Gasteiger partial charge is 0.212 e. The normalized spacial score (nSPS) is 22.5. The van der Waals surface area contributed by atoms with Gasteiger partial charge in [0, 0.05) is 17.9 Å². The monoisotopic (exact) mass is 317 g/mol. The molecule has 0 N–H and O–H groups in total. The van der Waals surface area contributed by atoms with E-state index in [1.54, 1.807) is 4.31 Å². The molecule has 2 rings (SSSR count). The van der Waals surface area contributed by atoms with E-state index in [1.807, 2.05) is 30.3 Å². The van der Waals surface area contributed by atoms with Crippen LogP contribution in [0.25, 0.3) is 0 Å². The number of hydrogen-bond donors (Lipinski definition) is 0. The third kappa shape index (κ3) is 3.53. The van der Waals surface area contributed by atoms with Crippen molar-refractivity contribution < 1.29 is 8.42 Å². The number of benzene rings is 1. The average molecular weight is 318 g/mol. The first kappa shape index (κ1) is 13.1. The van der Waals surface area contributed by atoms with Gasteiger partial charge in [0.15, 0.2) is 0 Å². The van der Waals surface area contributed by atoms with Crippen LogP contribution in [0.15, 0.2) is 30.3 Å². The Labute approximate surface area is 111 Å². The van der Waals surface area contributed by atoms with Gasteiger partial charge in [-0.1, -0.05) is 46.3 Å². The zero-order valence-corrected chi connectivity index (χ0v) is 12.0. The minimum atomic E-state index is -3.17. The molecule has 0 aromatic heterocycles. The Bertz CT molecular complexity index is 461. The summed E-state index contributed by atoms with van der Waals surface area (Å²) < 4.78 is 26.0. The predicted octanol–water partition coefficient (Wildman–Crippen LogP) is 2.38. The number of piperidine rings is 1. The average Bonchev–Trinajstić information content (AvgIpc) is 2.30. The Hall–Kier alpha value is -0.390. The van der Waals surface area contributed by atoms with Gasteiger partial charge >= 0.3 is 0 Å². The molecule has 1 aliphatic rings.